The number of benzene rings is 2. The highest BCUT2D eigenvalue weighted by Crippen LogP contribution is 2.46. The topological polar surface area (TPSA) is 61.8 Å². The number of aliphatic imine (C=N–C) groups is 1. The number of amides is 2. The van der Waals surface area contributed by atoms with Gasteiger partial charge in [-0.2, -0.15) is 0 Å². The van der Waals surface area contributed by atoms with E-state index in [1.54, 1.807) is 18.2 Å². The van der Waals surface area contributed by atoms with Crippen molar-refractivity contribution in [1.82, 2.24) is 10.2 Å². The summed E-state index contributed by atoms with van der Waals surface area (Å²) < 4.78 is 0. The molecule has 7 heteroatoms. The second-order valence-electron chi connectivity index (χ2n) is 9.68. The first-order valence-electron chi connectivity index (χ1n) is 12.6. The average molecular weight is 514 g/mol. The van der Waals surface area contributed by atoms with Gasteiger partial charge in [0.25, 0.3) is 11.8 Å². The summed E-state index contributed by atoms with van der Waals surface area (Å²) in [6.45, 7) is 6.94. The fourth-order valence-electron chi connectivity index (χ4n) is 5.33. The fraction of sp³-hybridized carbons (Fsp3) is 0.464. The second-order valence-corrected chi connectivity index (χ2v) is 10.6. The maximum Gasteiger partial charge on any atom is 0.275 e. The monoisotopic (exact) mass is 513 g/mol. The van der Waals surface area contributed by atoms with Gasteiger partial charge < -0.3 is 10.2 Å². The summed E-state index contributed by atoms with van der Waals surface area (Å²) in [5.41, 5.74) is 2.09. The van der Waals surface area contributed by atoms with Gasteiger partial charge in [-0.25, -0.2) is 0 Å². The molecule has 0 radical (unpaired) electrons. The van der Waals surface area contributed by atoms with E-state index in [2.05, 4.69) is 12.2 Å². The zero-order chi connectivity index (χ0) is 25.2. The van der Waals surface area contributed by atoms with Gasteiger partial charge in [-0.15, -0.1) is 0 Å². The Morgan fingerprint density at radius 2 is 1.74 bits per heavy atom. The lowest BCUT2D eigenvalue weighted by atomic mass is 9.79. The average Bonchev–Trinajstić information content (AvgIpc) is 3.13. The molecule has 1 fully saturated rings. The minimum absolute atomic E-state index is 0.0823. The fourth-order valence-corrected chi connectivity index (χ4v) is 5.86. The molecule has 2 aliphatic rings. The summed E-state index contributed by atoms with van der Waals surface area (Å²) in [5, 5.41) is 3.87. The summed E-state index contributed by atoms with van der Waals surface area (Å²) in [5.74, 6) is 0.477. The number of hydrogen-bond donors (Lipinski definition) is 1. The molecule has 5 nitrogen and oxygen atoms in total. The third-order valence-electron chi connectivity index (χ3n) is 7.39. The Morgan fingerprint density at radius 3 is 2.31 bits per heavy atom. The van der Waals surface area contributed by atoms with Crippen molar-refractivity contribution >= 4 is 40.7 Å². The van der Waals surface area contributed by atoms with Crippen LogP contribution in [0.15, 0.2) is 47.5 Å². The van der Waals surface area contributed by atoms with Crippen molar-refractivity contribution in [3.8, 4) is 0 Å². The SMILES string of the molecule is CCCNC(=O)c1ccc(C(C)N2C(=O)C(c3cc(Cl)cc(Cl)c3)=NC23CCC(CC)CC3)cc1. The summed E-state index contributed by atoms with van der Waals surface area (Å²) in [4.78, 5) is 33.3. The van der Waals surface area contributed by atoms with Crippen LogP contribution in [0.3, 0.4) is 0 Å². The Kier molecular flexibility index (Phi) is 7.87. The van der Waals surface area contributed by atoms with E-state index in [0.717, 1.165) is 44.1 Å². The van der Waals surface area contributed by atoms with Crippen LogP contribution in [0.25, 0.3) is 0 Å². The molecule has 1 atom stereocenters. The van der Waals surface area contributed by atoms with Gasteiger partial charge >= 0.3 is 0 Å². The quantitative estimate of drug-likeness (QED) is 0.441. The van der Waals surface area contributed by atoms with E-state index in [1.165, 1.54) is 0 Å². The lowest BCUT2D eigenvalue weighted by Gasteiger charge is -2.44. The number of nitrogens with zero attached hydrogens (tertiary/aromatic N) is 2. The molecule has 186 valence electrons. The van der Waals surface area contributed by atoms with Crippen LogP contribution in [0.2, 0.25) is 10.0 Å². The maximum atomic E-state index is 13.9. The summed E-state index contributed by atoms with van der Waals surface area (Å²) in [6, 6.07) is 12.5. The van der Waals surface area contributed by atoms with E-state index in [4.69, 9.17) is 28.2 Å². The predicted molar refractivity (Wildman–Crippen MR) is 142 cm³/mol. The molecule has 0 saturated heterocycles. The molecular weight excluding hydrogens is 481 g/mol. The van der Waals surface area contributed by atoms with Gasteiger partial charge in [-0.3, -0.25) is 14.6 Å². The Hall–Kier alpha value is -2.37. The third-order valence-corrected chi connectivity index (χ3v) is 7.82. The number of rotatable bonds is 7. The van der Waals surface area contributed by atoms with Crippen LogP contribution in [0.1, 0.15) is 86.8 Å². The Bertz CT molecular complexity index is 1100. The maximum absolute atomic E-state index is 13.9. The number of carbonyl (C=O) groups is 2. The minimum atomic E-state index is -0.580. The van der Waals surface area contributed by atoms with Gasteiger partial charge in [0.15, 0.2) is 0 Å². The highest BCUT2D eigenvalue weighted by atomic mass is 35.5. The molecule has 0 aromatic heterocycles. The van der Waals surface area contributed by atoms with Crippen molar-refractivity contribution in [3.05, 3.63) is 69.2 Å². The van der Waals surface area contributed by atoms with Gasteiger partial charge in [-0.1, -0.05) is 55.6 Å². The van der Waals surface area contributed by atoms with Crippen molar-refractivity contribution in [1.29, 1.82) is 0 Å². The molecule has 2 aromatic carbocycles. The Balaban J connectivity index is 1.67. The van der Waals surface area contributed by atoms with Gasteiger partial charge in [0.05, 0.1) is 6.04 Å². The van der Waals surface area contributed by atoms with Crippen molar-refractivity contribution in [2.45, 2.75) is 71.0 Å². The zero-order valence-electron chi connectivity index (χ0n) is 20.6. The highest BCUT2D eigenvalue weighted by Gasteiger charge is 2.50. The van der Waals surface area contributed by atoms with E-state index in [9.17, 15) is 9.59 Å². The minimum Gasteiger partial charge on any atom is -0.352 e. The molecule has 2 aromatic rings. The van der Waals surface area contributed by atoms with Crippen LogP contribution >= 0.6 is 23.2 Å². The lowest BCUT2D eigenvalue weighted by molar-refractivity contribution is -0.132. The number of carbonyl (C=O) groups excluding carboxylic acids is 2. The third kappa shape index (κ3) is 5.26. The van der Waals surface area contributed by atoms with Crippen LogP contribution in [0.4, 0.5) is 0 Å². The normalized spacial score (nSPS) is 22.9. The molecule has 0 bridgehead atoms. The first-order valence-corrected chi connectivity index (χ1v) is 13.3. The molecule has 1 saturated carbocycles. The largest absolute Gasteiger partial charge is 0.352 e. The van der Waals surface area contributed by atoms with Crippen LogP contribution in [0.5, 0.6) is 0 Å². The van der Waals surface area contributed by atoms with E-state index < -0.39 is 5.66 Å². The van der Waals surface area contributed by atoms with Gasteiger partial charge in [0, 0.05) is 27.7 Å². The van der Waals surface area contributed by atoms with Crippen LogP contribution in [-0.4, -0.2) is 34.6 Å². The van der Waals surface area contributed by atoms with Gasteiger partial charge in [0.1, 0.15) is 11.4 Å². The lowest BCUT2D eigenvalue weighted by Crippen LogP contribution is -2.50. The molecule has 1 aliphatic carbocycles. The second kappa shape index (κ2) is 10.7. The molecule has 4 rings (SSSR count). The number of hydrogen-bond acceptors (Lipinski definition) is 3. The molecule has 1 spiro atoms. The molecule has 1 heterocycles. The van der Waals surface area contributed by atoms with Crippen molar-refractivity contribution in [3.63, 3.8) is 0 Å². The van der Waals surface area contributed by atoms with Gasteiger partial charge in [-0.05, 0) is 80.8 Å². The zero-order valence-corrected chi connectivity index (χ0v) is 22.1. The van der Waals surface area contributed by atoms with E-state index in [0.29, 0.717) is 39.3 Å². The van der Waals surface area contributed by atoms with Crippen molar-refractivity contribution in [2.24, 2.45) is 10.9 Å². The number of halogens is 2. The van der Waals surface area contributed by atoms with Crippen LogP contribution in [0, 0.1) is 5.92 Å². The van der Waals surface area contributed by atoms with E-state index >= 15 is 0 Å². The predicted octanol–water partition coefficient (Wildman–Crippen LogP) is 6.82. The Morgan fingerprint density at radius 1 is 1.11 bits per heavy atom. The smallest absolute Gasteiger partial charge is 0.275 e. The summed E-state index contributed by atoms with van der Waals surface area (Å²) >= 11 is 12.5. The van der Waals surface area contributed by atoms with Crippen molar-refractivity contribution < 1.29 is 9.59 Å². The molecule has 1 aliphatic heterocycles. The Labute approximate surface area is 217 Å². The summed E-state index contributed by atoms with van der Waals surface area (Å²) in [6.07, 6.45) is 5.77. The summed E-state index contributed by atoms with van der Waals surface area (Å²) in [7, 11) is 0. The standard InChI is InChI=1S/C28H33Cl2N3O2/c1-4-14-31-26(34)21-8-6-20(7-9-21)18(3)33-27(35)25(22-15-23(29)17-24(30)16-22)32-28(33)12-10-19(5-2)11-13-28/h6-9,15-19H,4-5,10-14H2,1-3H3,(H,31,34). The van der Waals surface area contributed by atoms with Crippen LogP contribution in [-0.2, 0) is 4.79 Å². The molecular formula is C28H33Cl2N3O2. The first-order chi connectivity index (χ1) is 16.8. The molecule has 1 N–H and O–H groups in total. The van der Waals surface area contributed by atoms with E-state index in [1.807, 2.05) is 43.0 Å². The molecule has 35 heavy (non-hydrogen) atoms. The molecule has 1 unspecified atom stereocenters. The highest BCUT2D eigenvalue weighted by molar-refractivity contribution is 6.47. The van der Waals surface area contributed by atoms with Crippen molar-refractivity contribution in [2.75, 3.05) is 6.54 Å². The number of nitrogens with one attached hydrogen (secondary N) is 1. The first kappa shape index (κ1) is 25.7. The molecule has 2 amide bonds. The van der Waals surface area contributed by atoms with E-state index in [-0.39, 0.29) is 17.9 Å². The van der Waals surface area contributed by atoms with Crippen LogP contribution < -0.4 is 5.32 Å². The van der Waals surface area contributed by atoms with Gasteiger partial charge in [0.2, 0.25) is 0 Å².